The summed E-state index contributed by atoms with van der Waals surface area (Å²) >= 11 is 0. The van der Waals surface area contributed by atoms with Gasteiger partial charge in [-0.05, 0) is 41.2 Å². The number of hydrogen-bond donors (Lipinski definition) is 0. The third-order valence-corrected chi connectivity index (χ3v) is 6.22. The Morgan fingerprint density at radius 2 is 1.95 bits per heavy atom. The largest absolute Gasteiger partial charge is 0.0801 e. The molecule has 0 heterocycles. The third-order valence-electron chi connectivity index (χ3n) is 4.47. The molecule has 0 nitrogen and oxygen atoms in total. The molecule has 0 aromatic heterocycles. The molecule has 1 unspecified atom stereocenters. The maximum Gasteiger partial charge on any atom is 0.00826 e. The summed E-state index contributed by atoms with van der Waals surface area (Å²) in [6, 6.07) is 0. The second-order valence-electron chi connectivity index (χ2n) is 6.10. The maximum atomic E-state index is 2.40. The van der Waals surface area contributed by atoms with E-state index < -0.39 is 8.41 Å². The quantitative estimate of drug-likeness (QED) is 0.606. The van der Waals surface area contributed by atoms with Gasteiger partial charge in [-0.25, -0.2) is 0 Å². The van der Waals surface area contributed by atoms with Crippen molar-refractivity contribution < 1.29 is 0 Å². The van der Waals surface area contributed by atoms with E-state index in [0.717, 1.165) is 6.42 Å². The minimum absolute atomic E-state index is 0.404. The van der Waals surface area contributed by atoms with Crippen molar-refractivity contribution in [2.45, 2.75) is 33.4 Å². The third kappa shape index (κ3) is 2.10. The lowest BCUT2D eigenvalue weighted by Gasteiger charge is -2.20. The number of rotatable bonds is 1. The lowest BCUT2D eigenvalue weighted by molar-refractivity contribution is 0.943. The SMILES string of the molecule is CC1=CC2=CC=CC(=[Si](C)C)C(C)C2=C1C1=CC=CC1. The topological polar surface area (TPSA) is 0 Å². The summed E-state index contributed by atoms with van der Waals surface area (Å²) in [4.78, 5) is 0. The molecule has 0 spiro atoms. The van der Waals surface area contributed by atoms with E-state index in [4.69, 9.17) is 0 Å². The first kappa shape index (κ1) is 13.5. The summed E-state index contributed by atoms with van der Waals surface area (Å²) < 4.78 is 0. The summed E-state index contributed by atoms with van der Waals surface area (Å²) in [6.45, 7) is 9.45. The van der Waals surface area contributed by atoms with E-state index in [0.29, 0.717) is 5.92 Å². The minimum atomic E-state index is -0.404. The standard InChI is InChI=1S/C19H22Si/c1-13-12-16-10-7-11-17(20(3)4)14(2)19(16)18(13)15-8-5-6-9-15/h5-8,10-12,14H,9H2,1-4H3. The molecule has 1 heteroatoms. The van der Waals surface area contributed by atoms with Gasteiger partial charge in [0.1, 0.15) is 0 Å². The van der Waals surface area contributed by atoms with E-state index in [9.17, 15) is 0 Å². The molecule has 0 amide bonds. The van der Waals surface area contributed by atoms with Crippen LogP contribution >= 0.6 is 0 Å². The highest BCUT2D eigenvalue weighted by atomic mass is 28.2. The first-order valence-corrected chi connectivity index (χ1v) is 9.94. The highest BCUT2D eigenvalue weighted by Gasteiger charge is 2.28. The van der Waals surface area contributed by atoms with E-state index >= 15 is 0 Å². The van der Waals surface area contributed by atoms with Crippen LogP contribution in [0.2, 0.25) is 13.1 Å². The molecular weight excluding hydrogens is 256 g/mol. The highest BCUT2D eigenvalue weighted by molar-refractivity contribution is 6.71. The predicted octanol–water partition coefficient (Wildman–Crippen LogP) is 4.77. The van der Waals surface area contributed by atoms with E-state index in [2.05, 4.69) is 69.5 Å². The van der Waals surface area contributed by atoms with Gasteiger partial charge in [-0.3, -0.25) is 0 Å². The molecule has 0 saturated heterocycles. The Bertz CT molecular complexity index is 669. The Balaban J connectivity index is 2.18. The summed E-state index contributed by atoms with van der Waals surface area (Å²) in [7, 11) is -0.404. The van der Waals surface area contributed by atoms with Gasteiger partial charge in [0, 0.05) is 14.3 Å². The van der Waals surface area contributed by atoms with Crippen LogP contribution in [0.1, 0.15) is 20.3 Å². The van der Waals surface area contributed by atoms with Crippen molar-refractivity contribution in [3.8, 4) is 0 Å². The molecule has 0 aliphatic heterocycles. The van der Waals surface area contributed by atoms with Crippen molar-refractivity contribution in [2.24, 2.45) is 5.92 Å². The zero-order valence-corrected chi connectivity index (χ0v) is 13.8. The van der Waals surface area contributed by atoms with Gasteiger partial charge in [0.25, 0.3) is 0 Å². The molecule has 0 bridgehead atoms. The molecule has 0 fully saturated rings. The van der Waals surface area contributed by atoms with Crippen molar-refractivity contribution in [3.63, 3.8) is 0 Å². The molecule has 0 aromatic carbocycles. The average Bonchev–Trinajstić information content (AvgIpc) is 2.97. The van der Waals surface area contributed by atoms with Crippen LogP contribution in [-0.2, 0) is 0 Å². The monoisotopic (exact) mass is 278 g/mol. The average molecular weight is 278 g/mol. The van der Waals surface area contributed by atoms with Crippen LogP contribution in [0.4, 0.5) is 0 Å². The second-order valence-corrected chi connectivity index (χ2v) is 8.68. The highest BCUT2D eigenvalue weighted by Crippen LogP contribution is 2.42. The van der Waals surface area contributed by atoms with Crippen molar-refractivity contribution in [3.05, 3.63) is 70.4 Å². The molecule has 0 aromatic rings. The molecule has 3 aliphatic carbocycles. The molecule has 1 atom stereocenters. The fourth-order valence-electron chi connectivity index (χ4n) is 3.56. The molecule has 20 heavy (non-hydrogen) atoms. The summed E-state index contributed by atoms with van der Waals surface area (Å²) in [5, 5.41) is 1.64. The normalized spacial score (nSPS) is 24.5. The van der Waals surface area contributed by atoms with E-state index in [-0.39, 0.29) is 0 Å². The van der Waals surface area contributed by atoms with Crippen molar-refractivity contribution in [1.82, 2.24) is 0 Å². The van der Waals surface area contributed by atoms with Gasteiger partial charge in [0.05, 0.1) is 0 Å². The van der Waals surface area contributed by atoms with Crippen molar-refractivity contribution in [2.75, 3.05) is 0 Å². The number of allylic oxidation sites excluding steroid dienone is 12. The molecule has 0 radical (unpaired) electrons. The summed E-state index contributed by atoms with van der Waals surface area (Å²) in [5.74, 6) is 0.550. The zero-order chi connectivity index (χ0) is 14.3. The van der Waals surface area contributed by atoms with Gasteiger partial charge in [-0.15, -0.1) is 0 Å². The van der Waals surface area contributed by atoms with E-state index in [1.165, 1.54) is 22.3 Å². The van der Waals surface area contributed by atoms with Gasteiger partial charge < -0.3 is 0 Å². The van der Waals surface area contributed by atoms with E-state index in [1.54, 1.807) is 10.7 Å². The van der Waals surface area contributed by atoms with Crippen LogP contribution in [0.5, 0.6) is 0 Å². The molecule has 102 valence electrons. The van der Waals surface area contributed by atoms with Crippen LogP contribution in [0.25, 0.3) is 0 Å². The Morgan fingerprint density at radius 3 is 2.60 bits per heavy atom. The smallest absolute Gasteiger partial charge is 0.00826 e. The van der Waals surface area contributed by atoms with Gasteiger partial charge in [0.15, 0.2) is 0 Å². The maximum absolute atomic E-state index is 2.40. The first-order chi connectivity index (χ1) is 9.59. The molecule has 0 saturated carbocycles. The Hall–Kier alpha value is -1.47. The molecule has 0 N–H and O–H groups in total. The Labute approximate surface area is 123 Å². The van der Waals surface area contributed by atoms with Crippen LogP contribution < -0.4 is 0 Å². The molecule has 3 aliphatic rings. The molecular formula is C19H22Si. The Kier molecular flexibility index (Phi) is 3.47. The summed E-state index contributed by atoms with van der Waals surface area (Å²) in [5.41, 5.74) is 7.42. The van der Waals surface area contributed by atoms with Crippen LogP contribution in [0, 0.1) is 5.92 Å². The van der Waals surface area contributed by atoms with Crippen LogP contribution in [-0.4, -0.2) is 13.6 Å². The Morgan fingerprint density at radius 1 is 1.15 bits per heavy atom. The first-order valence-electron chi connectivity index (χ1n) is 7.44. The lowest BCUT2D eigenvalue weighted by atomic mass is 9.87. The fraction of sp³-hybridized carbons (Fsp3) is 0.316. The lowest BCUT2D eigenvalue weighted by Crippen LogP contribution is -2.19. The van der Waals surface area contributed by atoms with E-state index in [1.807, 2.05) is 0 Å². The minimum Gasteiger partial charge on any atom is -0.0801 e. The van der Waals surface area contributed by atoms with Gasteiger partial charge >= 0.3 is 0 Å². The van der Waals surface area contributed by atoms with Gasteiger partial charge in [0.2, 0.25) is 0 Å². The van der Waals surface area contributed by atoms with Crippen molar-refractivity contribution in [1.29, 1.82) is 0 Å². The molecule has 3 rings (SSSR count). The number of fused-ring (bicyclic) bond motifs is 1. The van der Waals surface area contributed by atoms with Crippen LogP contribution in [0.15, 0.2) is 70.4 Å². The summed E-state index contributed by atoms with van der Waals surface area (Å²) in [6.07, 6.45) is 17.1. The fourth-order valence-corrected chi connectivity index (χ4v) is 5.00. The predicted molar refractivity (Wildman–Crippen MR) is 91.5 cm³/mol. The van der Waals surface area contributed by atoms with Crippen LogP contribution in [0.3, 0.4) is 0 Å². The second kappa shape index (κ2) is 5.14. The van der Waals surface area contributed by atoms with Crippen molar-refractivity contribution >= 4 is 13.6 Å². The number of hydrogen-bond acceptors (Lipinski definition) is 0. The van der Waals surface area contributed by atoms with Gasteiger partial charge in [-0.1, -0.05) is 67.7 Å². The van der Waals surface area contributed by atoms with Gasteiger partial charge in [-0.2, -0.15) is 0 Å². The zero-order valence-electron chi connectivity index (χ0n) is 12.8.